The Hall–Kier alpha value is -2.39. The maximum absolute atomic E-state index is 12.5. The molecule has 10 heteroatoms. The summed E-state index contributed by atoms with van der Waals surface area (Å²) >= 11 is 5.97. The van der Waals surface area contributed by atoms with Gasteiger partial charge in [-0.1, -0.05) is 18.5 Å². The molecule has 0 aliphatic heterocycles. The summed E-state index contributed by atoms with van der Waals surface area (Å²) in [6.07, 6.45) is 1.50. The van der Waals surface area contributed by atoms with Crippen molar-refractivity contribution >= 4 is 33.0 Å². The number of carbonyl (C=O) groups is 1. The summed E-state index contributed by atoms with van der Waals surface area (Å²) < 4.78 is 34.5. The van der Waals surface area contributed by atoms with Crippen molar-refractivity contribution in [2.75, 3.05) is 25.3 Å². The normalized spacial score (nSPS) is 11.1. The van der Waals surface area contributed by atoms with Crippen LogP contribution >= 0.6 is 11.6 Å². The number of nitrogens with one attached hydrogen (secondary N) is 1. The first-order valence-corrected chi connectivity index (χ1v) is 9.64. The van der Waals surface area contributed by atoms with E-state index >= 15 is 0 Å². The van der Waals surface area contributed by atoms with Crippen LogP contribution in [0, 0.1) is 0 Å². The SMILES string of the molecule is CCCS(=O)(=O)c1ncc(Cl)c(C(=O)Nc2ccc(OC)cc2OC)n1. The molecule has 0 fully saturated rings. The van der Waals surface area contributed by atoms with E-state index in [0.717, 1.165) is 6.20 Å². The second-order valence-corrected chi connectivity index (χ2v) is 7.60. The Bertz CT molecular complexity index is 918. The van der Waals surface area contributed by atoms with Crippen LogP contribution in [0.4, 0.5) is 5.69 Å². The molecule has 0 saturated heterocycles. The van der Waals surface area contributed by atoms with Crippen LogP contribution in [0.1, 0.15) is 23.8 Å². The van der Waals surface area contributed by atoms with Crippen LogP contribution in [0.25, 0.3) is 0 Å². The lowest BCUT2D eigenvalue weighted by molar-refractivity contribution is 0.102. The van der Waals surface area contributed by atoms with E-state index in [4.69, 9.17) is 21.1 Å². The summed E-state index contributed by atoms with van der Waals surface area (Å²) in [7, 11) is -0.732. The minimum absolute atomic E-state index is 0.0644. The standard InChI is InChI=1S/C16H18ClN3O5S/c1-4-7-26(22,23)16-18-9-11(17)14(20-16)15(21)19-12-6-5-10(24-2)8-13(12)25-3/h5-6,8-9H,4,7H2,1-3H3,(H,19,21). The van der Waals surface area contributed by atoms with Gasteiger partial charge in [-0.2, -0.15) is 0 Å². The summed E-state index contributed by atoms with van der Waals surface area (Å²) in [4.78, 5) is 20.1. The molecule has 1 amide bonds. The van der Waals surface area contributed by atoms with Crippen LogP contribution in [0.3, 0.4) is 0 Å². The van der Waals surface area contributed by atoms with Gasteiger partial charge in [0.15, 0.2) is 5.69 Å². The lowest BCUT2D eigenvalue weighted by atomic mass is 10.2. The van der Waals surface area contributed by atoms with Crippen LogP contribution in [0.15, 0.2) is 29.6 Å². The molecule has 1 N–H and O–H groups in total. The predicted molar refractivity (Wildman–Crippen MR) is 96.9 cm³/mol. The fourth-order valence-electron chi connectivity index (χ4n) is 2.10. The third-order valence-corrected chi connectivity index (χ3v) is 5.32. The first-order chi connectivity index (χ1) is 12.3. The monoisotopic (exact) mass is 399 g/mol. The van der Waals surface area contributed by atoms with Crippen molar-refractivity contribution in [2.45, 2.75) is 18.5 Å². The fraction of sp³-hybridized carbons (Fsp3) is 0.312. The van der Waals surface area contributed by atoms with Crippen molar-refractivity contribution < 1.29 is 22.7 Å². The third kappa shape index (κ3) is 4.41. The topological polar surface area (TPSA) is 107 Å². The molecular formula is C16H18ClN3O5S. The first-order valence-electron chi connectivity index (χ1n) is 7.61. The summed E-state index contributed by atoms with van der Waals surface area (Å²) in [5.74, 6) is 0.102. The van der Waals surface area contributed by atoms with Crippen molar-refractivity contribution in [3.05, 3.63) is 35.1 Å². The Balaban J connectivity index is 2.36. The Kier molecular flexibility index (Phi) is 6.38. The van der Waals surface area contributed by atoms with Crippen molar-refractivity contribution in [1.29, 1.82) is 0 Å². The van der Waals surface area contributed by atoms with Crippen LogP contribution in [0.2, 0.25) is 5.02 Å². The Morgan fingerprint density at radius 3 is 2.62 bits per heavy atom. The van der Waals surface area contributed by atoms with Gasteiger partial charge in [0.2, 0.25) is 15.0 Å². The summed E-state index contributed by atoms with van der Waals surface area (Å²) in [6, 6.07) is 4.81. The molecule has 2 aromatic rings. The maximum Gasteiger partial charge on any atom is 0.276 e. The van der Waals surface area contributed by atoms with E-state index in [2.05, 4.69) is 15.3 Å². The van der Waals surface area contributed by atoms with Crippen molar-refractivity contribution in [2.24, 2.45) is 0 Å². The number of methoxy groups -OCH3 is 2. The molecule has 0 bridgehead atoms. The quantitative estimate of drug-likeness (QED) is 0.713. The minimum atomic E-state index is -3.68. The van der Waals surface area contributed by atoms with Crippen molar-refractivity contribution in [1.82, 2.24) is 9.97 Å². The zero-order chi connectivity index (χ0) is 19.3. The van der Waals surface area contributed by atoms with Gasteiger partial charge < -0.3 is 14.8 Å². The van der Waals surface area contributed by atoms with Gasteiger partial charge in [-0.25, -0.2) is 18.4 Å². The Morgan fingerprint density at radius 2 is 2.00 bits per heavy atom. The number of benzene rings is 1. The average Bonchev–Trinajstić information content (AvgIpc) is 2.62. The molecule has 8 nitrogen and oxygen atoms in total. The summed E-state index contributed by atoms with van der Waals surface area (Å²) in [5, 5.41) is 2.09. The number of hydrogen-bond donors (Lipinski definition) is 1. The van der Waals surface area contributed by atoms with Crippen LogP contribution in [0.5, 0.6) is 11.5 Å². The molecule has 26 heavy (non-hydrogen) atoms. The molecule has 140 valence electrons. The van der Waals surface area contributed by atoms with Crippen molar-refractivity contribution in [3.63, 3.8) is 0 Å². The fourth-order valence-corrected chi connectivity index (χ4v) is 3.44. The number of halogens is 1. The van der Waals surface area contributed by atoms with Crippen molar-refractivity contribution in [3.8, 4) is 11.5 Å². The largest absolute Gasteiger partial charge is 0.497 e. The van der Waals surface area contributed by atoms with Crippen LogP contribution < -0.4 is 14.8 Å². The second-order valence-electron chi connectivity index (χ2n) is 5.19. The van der Waals surface area contributed by atoms with Crippen LogP contribution in [-0.2, 0) is 9.84 Å². The summed E-state index contributed by atoms with van der Waals surface area (Å²) in [5.41, 5.74) is 0.111. The molecule has 1 heterocycles. The Labute approximate surface area is 156 Å². The van der Waals surface area contributed by atoms with Crippen LogP contribution in [-0.4, -0.2) is 44.3 Å². The molecule has 2 rings (SSSR count). The predicted octanol–water partition coefficient (Wildman–Crippen LogP) is 2.58. The molecule has 0 spiro atoms. The van der Waals surface area contributed by atoms with E-state index in [1.165, 1.54) is 14.2 Å². The molecule has 0 aliphatic carbocycles. The smallest absolute Gasteiger partial charge is 0.276 e. The number of anilines is 1. The van der Waals surface area contributed by atoms with Gasteiger partial charge in [0, 0.05) is 6.07 Å². The average molecular weight is 400 g/mol. The van der Waals surface area contributed by atoms with Gasteiger partial charge >= 0.3 is 0 Å². The van der Waals surface area contributed by atoms with E-state index in [1.807, 2.05) is 0 Å². The van der Waals surface area contributed by atoms with E-state index in [9.17, 15) is 13.2 Å². The molecule has 0 saturated carbocycles. The molecular weight excluding hydrogens is 382 g/mol. The molecule has 1 aromatic heterocycles. The number of hydrogen-bond acceptors (Lipinski definition) is 7. The molecule has 1 aromatic carbocycles. The zero-order valence-electron chi connectivity index (χ0n) is 14.4. The van der Waals surface area contributed by atoms with Gasteiger partial charge in [0.1, 0.15) is 11.5 Å². The van der Waals surface area contributed by atoms with Gasteiger partial charge in [-0.05, 0) is 18.6 Å². The number of nitrogens with zero attached hydrogens (tertiary/aromatic N) is 2. The lowest BCUT2D eigenvalue weighted by Gasteiger charge is -2.12. The second kappa shape index (κ2) is 8.33. The van der Waals surface area contributed by atoms with Gasteiger partial charge in [0.25, 0.3) is 5.91 Å². The highest BCUT2D eigenvalue weighted by Gasteiger charge is 2.22. The highest BCUT2D eigenvalue weighted by Crippen LogP contribution is 2.29. The number of aromatic nitrogens is 2. The van der Waals surface area contributed by atoms with Gasteiger partial charge in [0.05, 0.1) is 36.9 Å². The number of amides is 1. The van der Waals surface area contributed by atoms with Gasteiger partial charge in [-0.3, -0.25) is 4.79 Å². The number of sulfone groups is 1. The van der Waals surface area contributed by atoms with E-state index < -0.39 is 20.9 Å². The zero-order valence-corrected chi connectivity index (χ0v) is 16.0. The number of ether oxygens (including phenoxy) is 2. The molecule has 0 radical (unpaired) electrons. The number of carbonyl (C=O) groups excluding carboxylic acids is 1. The molecule has 0 aliphatic rings. The van der Waals surface area contributed by atoms with E-state index in [0.29, 0.717) is 23.6 Å². The van der Waals surface area contributed by atoms with E-state index in [-0.39, 0.29) is 16.5 Å². The molecule has 0 unspecified atom stereocenters. The number of rotatable bonds is 7. The highest BCUT2D eigenvalue weighted by molar-refractivity contribution is 7.91. The van der Waals surface area contributed by atoms with Gasteiger partial charge in [-0.15, -0.1) is 0 Å². The first kappa shape index (κ1) is 19.9. The molecule has 0 atom stereocenters. The summed E-state index contributed by atoms with van der Waals surface area (Å²) in [6.45, 7) is 1.72. The highest BCUT2D eigenvalue weighted by atomic mass is 35.5. The Morgan fingerprint density at radius 1 is 1.27 bits per heavy atom. The van der Waals surface area contributed by atoms with E-state index in [1.54, 1.807) is 25.1 Å². The lowest BCUT2D eigenvalue weighted by Crippen LogP contribution is -2.18. The third-order valence-electron chi connectivity index (χ3n) is 3.34. The maximum atomic E-state index is 12.5. The minimum Gasteiger partial charge on any atom is -0.497 e.